The molecule has 2 N–H and O–H groups in total. The molecule has 1 heterocycles. The number of nitrogens with zero attached hydrogens (tertiary/aromatic N) is 2. The molecule has 0 saturated carbocycles. The van der Waals surface area contributed by atoms with Crippen LogP contribution in [-0.2, 0) is 13.2 Å². The van der Waals surface area contributed by atoms with Crippen molar-refractivity contribution in [2.24, 2.45) is 5.73 Å². The summed E-state index contributed by atoms with van der Waals surface area (Å²) >= 11 is 6.11. The van der Waals surface area contributed by atoms with Gasteiger partial charge in [-0.2, -0.15) is 5.10 Å². The maximum atomic E-state index is 6.11. The lowest BCUT2D eigenvalue weighted by molar-refractivity contribution is 0.294. The Kier molecular flexibility index (Phi) is 5.65. The van der Waals surface area contributed by atoms with Crippen LogP contribution in [0.15, 0.2) is 30.5 Å². The fourth-order valence-electron chi connectivity index (χ4n) is 2.34. The molecule has 0 spiro atoms. The highest BCUT2D eigenvalue weighted by Gasteiger charge is 2.10. The van der Waals surface area contributed by atoms with E-state index in [4.69, 9.17) is 22.1 Å². The van der Waals surface area contributed by atoms with E-state index in [0.29, 0.717) is 24.2 Å². The van der Waals surface area contributed by atoms with Gasteiger partial charge in [-0.05, 0) is 31.0 Å². The fourth-order valence-corrected chi connectivity index (χ4v) is 2.59. The summed E-state index contributed by atoms with van der Waals surface area (Å²) in [5.41, 5.74) is 7.46. The van der Waals surface area contributed by atoms with Gasteiger partial charge in [0.25, 0.3) is 0 Å². The monoisotopic (exact) mass is 307 g/mol. The molecule has 0 amide bonds. The summed E-state index contributed by atoms with van der Waals surface area (Å²) in [6, 6.07) is 8.00. The molecule has 0 atom stereocenters. The first-order valence-electron chi connectivity index (χ1n) is 7.33. The van der Waals surface area contributed by atoms with Gasteiger partial charge in [-0.1, -0.05) is 31.5 Å². The number of nitrogens with two attached hydrogens (primary N) is 1. The molecule has 0 fully saturated rings. The molecular formula is C16H22ClN3O. The normalized spacial score (nSPS) is 11.1. The second kappa shape index (κ2) is 7.48. The highest BCUT2D eigenvalue weighted by atomic mass is 35.5. The van der Waals surface area contributed by atoms with Gasteiger partial charge >= 0.3 is 0 Å². The summed E-state index contributed by atoms with van der Waals surface area (Å²) in [6.45, 7) is 5.12. The van der Waals surface area contributed by atoms with Crippen LogP contribution >= 0.6 is 11.6 Å². The van der Waals surface area contributed by atoms with Crippen LogP contribution in [0.25, 0.3) is 0 Å². The number of rotatable bonds is 7. The third-order valence-corrected chi connectivity index (χ3v) is 3.99. The highest BCUT2D eigenvalue weighted by Crippen LogP contribution is 2.26. The SMILES string of the molecule is CCC(CC)n1ccc(COc2cccc(Cl)c2CN)n1. The Morgan fingerprint density at radius 1 is 1.29 bits per heavy atom. The standard InChI is InChI=1S/C16H22ClN3O/c1-3-13(4-2)20-9-8-12(19-20)11-21-16-7-5-6-15(17)14(16)10-18/h5-9,13H,3-4,10-11,18H2,1-2H3. The van der Waals surface area contributed by atoms with E-state index < -0.39 is 0 Å². The van der Waals surface area contributed by atoms with Gasteiger partial charge in [-0.25, -0.2) is 0 Å². The predicted molar refractivity (Wildman–Crippen MR) is 85.5 cm³/mol. The number of aromatic nitrogens is 2. The van der Waals surface area contributed by atoms with E-state index in [1.165, 1.54) is 0 Å². The van der Waals surface area contributed by atoms with Gasteiger partial charge in [0.05, 0.1) is 11.7 Å². The van der Waals surface area contributed by atoms with E-state index in [9.17, 15) is 0 Å². The summed E-state index contributed by atoms with van der Waals surface area (Å²) in [6.07, 6.45) is 4.16. The second-order valence-corrected chi connectivity index (χ2v) is 5.37. The summed E-state index contributed by atoms with van der Waals surface area (Å²) in [5, 5.41) is 5.21. The van der Waals surface area contributed by atoms with Crippen LogP contribution in [-0.4, -0.2) is 9.78 Å². The molecule has 0 bridgehead atoms. The van der Waals surface area contributed by atoms with E-state index in [1.54, 1.807) is 0 Å². The summed E-state index contributed by atoms with van der Waals surface area (Å²) in [4.78, 5) is 0. The minimum Gasteiger partial charge on any atom is -0.487 e. The molecule has 0 radical (unpaired) electrons. The Balaban J connectivity index is 2.05. The van der Waals surface area contributed by atoms with Crippen LogP contribution in [0.5, 0.6) is 5.75 Å². The number of halogens is 1. The number of hydrogen-bond acceptors (Lipinski definition) is 3. The van der Waals surface area contributed by atoms with Crippen molar-refractivity contribution in [2.75, 3.05) is 0 Å². The zero-order valence-corrected chi connectivity index (χ0v) is 13.3. The lowest BCUT2D eigenvalue weighted by Gasteiger charge is -2.13. The molecule has 0 aliphatic heterocycles. The second-order valence-electron chi connectivity index (χ2n) is 4.97. The van der Waals surface area contributed by atoms with Crippen LogP contribution in [0.1, 0.15) is 44.0 Å². The quantitative estimate of drug-likeness (QED) is 0.843. The molecule has 1 aromatic carbocycles. The molecule has 2 rings (SSSR count). The number of ether oxygens (including phenoxy) is 1. The molecule has 5 heteroatoms. The molecule has 0 saturated heterocycles. The van der Waals surface area contributed by atoms with Gasteiger partial charge in [-0.3, -0.25) is 4.68 Å². The number of hydrogen-bond donors (Lipinski definition) is 1. The van der Waals surface area contributed by atoms with Gasteiger partial charge < -0.3 is 10.5 Å². The van der Waals surface area contributed by atoms with Crippen molar-refractivity contribution in [3.8, 4) is 5.75 Å². The molecule has 114 valence electrons. The molecule has 2 aromatic rings. The number of benzene rings is 1. The van der Waals surface area contributed by atoms with Crippen molar-refractivity contribution in [3.05, 3.63) is 46.7 Å². The van der Waals surface area contributed by atoms with Gasteiger partial charge in [-0.15, -0.1) is 0 Å². The average molecular weight is 308 g/mol. The Morgan fingerprint density at radius 2 is 2.05 bits per heavy atom. The van der Waals surface area contributed by atoms with Crippen molar-refractivity contribution < 1.29 is 4.74 Å². The topological polar surface area (TPSA) is 53.1 Å². The van der Waals surface area contributed by atoms with E-state index in [-0.39, 0.29) is 0 Å². The van der Waals surface area contributed by atoms with Crippen molar-refractivity contribution in [2.45, 2.75) is 45.9 Å². The predicted octanol–water partition coefficient (Wildman–Crippen LogP) is 3.94. The zero-order valence-electron chi connectivity index (χ0n) is 12.6. The van der Waals surface area contributed by atoms with E-state index in [2.05, 4.69) is 18.9 Å². The highest BCUT2D eigenvalue weighted by molar-refractivity contribution is 6.31. The van der Waals surface area contributed by atoms with E-state index >= 15 is 0 Å². The van der Waals surface area contributed by atoms with Crippen LogP contribution < -0.4 is 10.5 Å². The first kappa shape index (κ1) is 15.9. The van der Waals surface area contributed by atoms with Crippen LogP contribution in [0.3, 0.4) is 0 Å². The van der Waals surface area contributed by atoms with Crippen molar-refractivity contribution in [3.63, 3.8) is 0 Å². The molecular weight excluding hydrogens is 286 g/mol. The maximum absolute atomic E-state index is 6.11. The van der Waals surface area contributed by atoms with Crippen molar-refractivity contribution in [1.82, 2.24) is 9.78 Å². The summed E-state index contributed by atoms with van der Waals surface area (Å²) < 4.78 is 7.83. The maximum Gasteiger partial charge on any atom is 0.132 e. The Morgan fingerprint density at radius 3 is 2.71 bits per heavy atom. The summed E-state index contributed by atoms with van der Waals surface area (Å²) in [7, 11) is 0. The van der Waals surface area contributed by atoms with Gasteiger partial charge in [0.1, 0.15) is 12.4 Å². The molecule has 1 aromatic heterocycles. The molecule has 0 unspecified atom stereocenters. The van der Waals surface area contributed by atoms with Crippen molar-refractivity contribution >= 4 is 11.6 Å². The van der Waals surface area contributed by atoms with Gasteiger partial charge in [0.2, 0.25) is 0 Å². The largest absolute Gasteiger partial charge is 0.487 e. The smallest absolute Gasteiger partial charge is 0.132 e. The molecule has 0 aliphatic rings. The third kappa shape index (κ3) is 3.77. The zero-order chi connectivity index (χ0) is 15.2. The minimum atomic E-state index is 0.358. The first-order chi connectivity index (χ1) is 10.2. The Labute approximate surface area is 130 Å². The third-order valence-electron chi connectivity index (χ3n) is 3.64. The van der Waals surface area contributed by atoms with Crippen LogP contribution in [0.2, 0.25) is 5.02 Å². The molecule has 21 heavy (non-hydrogen) atoms. The lowest BCUT2D eigenvalue weighted by atomic mass is 10.2. The fraction of sp³-hybridized carbons (Fsp3) is 0.438. The minimum absolute atomic E-state index is 0.358. The van der Waals surface area contributed by atoms with E-state index in [0.717, 1.165) is 29.8 Å². The van der Waals surface area contributed by atoms with Crippen LogP contribution in [0.4, 0.5) is 0 Å². The first-order valence-corrected chi connectivity index (χ1v) is 7.71. The van der Waals surface area contributed by atoms with Gasteiger partial charge in [0.15, 0.2) is 0 Å². The molecule has 0 aliphatic carbocycles. The lowest BCUT2D eigenvalue weighted by Crippen LogP contribution is -2.09. The Bertz CT molecular complexity index is 579. The molecule has 4 nitrogen and oxygen atoms in total. The Hall–Kier alpha value is -1.52. The average Bonchev–Trinajstić information content (AvgIpc) is 2.95. The van der Waals surface area contributed by atoms with E-state index in [1.807, 2.05) is 35.1 Å². The van der Waals surface area contributed by atoms with Crippen molar-refractivity contribution in [1.29, 1.82) is 0 Å². The summed E-state index contributed by atoms with van der Waals surface area (Å²) in [5.74, 6) is 0.724. The van der Waals surface area contributed by atoms with Crippen LogP contribution in [0, 0.1) is 0 Å². The van der Waals surface area contributed by atoms with Gasteiger partial charge in [0, 0.05) is 23.3 Å².